The molecule has 5 heteroatoms. The molecule has 0 heterocycles. The van der Waals surface area contributed by atoms with Gasteiger partial charge in [0.15, 0.2) is 0 Å². The lowest BCUT2D eigenvalue weighted by Gasteiger charge is -2.01. The standard InChI is InChI=1S/C7H5ClO2S2/c8-4-1-2-6(12-11)5(3-4)7(9)10/h1-3,11H,(H,9,10). The number of carboxylic acid groups (broad SMARTS) is 1. The van der Waals surface area contributed by atoms with E-state index >= 15 is 0 Å². The van der Waals surface area contributed by atoms with Gasteiger partial charge in [0.1, 0.15) is 0 Å². The molecule has 0 aliphatic rings. The van der Waals surface area contributed by atoms with Crippen LogP contribution in [-0.2, 0) is 0 Å². The molecule has 0 aliphatic heterocycles. The van der Waals surface area contributed by atoms with Crippen LogP contribution in [-0.4, -0.2) is 11.1 Å². The van der Waals surface area contributed by atoms with Gasteiger partial charge in [-0.15, -0.1) is 11.7 Å². The van der Waals surface area contributed by atoms with Gasteiger partial charge in [0.05, 0.1) is 5.56 Å². The van der Waals surface area contributed by atoms with Crippen LogP contribution in [0.3, 0.4) is 0 Å². The molecule has 1 aromatic carbocycles. The Morgan fingerprint density at radius 2 is 2.25 bits per heavy atom. The molecule has 1 aromatic rings. The zero-order valence-electron chi connectivity index (χ0n) is 5.82. The van der Waals surface area contributed by atoms with E-state index in [0.29, 0.717) is 9.92 Å². The van der Waals surface area contributed by atoms with Crippen molar-refractivity contribution in [3.63, 3.8) is 0 Å². The normalized spacial score (nSPS) is 9.83. The van der Waals surface area contributed by atoms with Crippen LogP contribution < -0.4 is 0 Å². The minimum Gasteiger partial charge on any atom is -0.478 e. The number of halogens is 1. The minimum atomic E-state index is -0.992. The second-order valence-electron chi connectivity index (χ2n) is 2.04. The van der Waals surface area contributed by atoms with Crippen molar-refractivity contribution in [2.75, 3.05) is 0 Å². The Bertz CT molecular complexity index is 314. The highest BCUT2D eigenvalue weighted by molar-refractivity contribution is 8.68. The average Bonchev–Trinajstić information content (AvgIpc) is 2.04. The minimum absolute atomic E-state index is 0.183. The van der Waals surface area contributed by atoms with Crippen molar-refractivity contribution in [3.05, 3.63) is 28.8 Å². The van der Waals surface area contributed by atoms with E-state index < -0.39 is 5.97 Å². The van der Waals surface area contributed by atoms with Crippen LogP contribution >= 0.6 is 34.1 Å². The van der Waals surface area contributed by atoms with Gasteiger partial charge in [-0.2, -0.15) is 0 Å². The van der Waals surface area contributed by atoms with Crippen LogP contribution in [0.4, 0.5) is 0 Å². The fraction of sp³-hybridized carbons (Fsp3) is 0. The van der Waals surface area contributed by atoms with Crippen molar-refractivity contribution in [1.29, 1.82) is 0 Å². The molecule has 0 saturated carbocycles. The van der Waals surface area contributed by atoms with Gasteiger partial charge in [-0.3, -0.25) is 0 Å². The maximum absolute atomic E-state index is 10.6. The highest BCUT2D eigenvalue weighted by Crippen LogP contribution is 2.27. The summed E-state index contributed by atoms with van der Waals surface area (Å²) in [5.74, 6) is -0.992. The fourth-order valence-corrected chi connectivity index (χ4v) is 1.77. The lowest BCUT2D eigenvalue weighted by molar-refractivity contribution is 0.0693. The Morgan fingerprint density at radius 3 is 2.75 bits per heavy atom. The summed E-state index contributed by atoms with van der Waals surface area (Å²) in [5, 5.41) is 9.13. The van der Waals surface area contributed by atoms with Crippen molar-refractivity contribution in [2.24, 2.45) is 0 Å². The third-order valence-electron chi connectivity index (χ3n) is 1.27. The molecular formula is C7H5ClO2S2. The Morgan fingerprint density at radius 1 is 1.58 bits per heavy atom. The molecule has 0 amide bonds. The van der Waals surface area contributed by atoms with Crippen molar-refractivity contribution < 1.29 is 9.90 Å². The number of hydrogen-bond acceptors (Lipinski definition) is 3. The molecule has 64 valence electrons. The van der Waals surface area contributed by atoms with Gasteiger partial charge in [0.25, 0.3) is 0 Å². The number of carbonyl (C=O) groups is 1. The highest BCUT2D eigenvalue weighted by Gasteiger charge is 2.09. The third-order valence-corrected chi connectivity index (χ3v) is 2.65. The molecule has 0 aromatic heterocycles. The molecule has 1 N–H and O–H groups in total. The zero-order chi connectivity index (χ0) is 9.14. The Balaban J connectivity index is 3.21. The van der Waals surface area contributed by atoms with Gasteiger partial charge in [-0.25, -0.2) is 4.79 Å². The highest BCUT2D eigenvalue weighted by atomic mass is 35.5. The van der Waals surface area contributed by atoms with Crippen LogP contribution in [0.15, 0.2) is 23.1 Å². The third kappa shape index (κ3) is 2.09. The molecule has 0 spiro atoms. The molecule has 1 rings (SSSR count). The van der Waals surface area contributed by atoms with Gasteiger partial charge >= 0.3 is 5.97 Å². The second-order valence-corrected chi connectivity index (χ2v) is 3.64. The number of hydrogen-bond donors (Lipinski definition) is 2. The Kier molecular flexibility index (Phi) is 3.31. The van der Waals surface area contributed by atoms with Gasteiger partial charge in [-0.1, -0.05) is 22.4 Å². The summed E-state index contributed by atoms with van der Waals surface area (Å²) in [6.45, 7) is 0. The van der Waals surface area contributed by atoms with Crippen molar-refractivity contribution in [2.45, 2.75) is 4.90 Å². The van der Waals surface area contributed by atoms with Crippen molar-refractivity contribution in [1.82, 2.24) is 0 Å². The van der Waals surface area contributed by atoms with E-state index in [9.17, 15) is 4.79 Å². The first-order valence-electron chi connectivity index (χ1n) is 2.99. The molecule has 0 unspecified atom stereocenters. The summed E-state index contributed by atoms with van der Waals surface area (Å²) in [4.78, 5) is 11.2. The molecule has 0 radical (unpaired) electrons. The lowest BCUT2D eigenvalue weighted by Crippen LogP contribution is -1.97. The summed E-state index contributed by atoms with van der Waals surface area (Å²) in [5.41, 5.74) is 0.183. The SMILES string of the molecule is O=C(O)c1cc(Cl)ccc1SS. The van der Waals surface area contributed by atoms with Crippen LogP contribution in [0, 0.1) is 0 Å². The molecule has 0 bridgehead atoms. The molecule has 12 heavy (non-hydrogen) atoms. The lowest BCUT2D eigenvalue weighted by atomic mass is 10.2. The molecule has 0 atom stereocenters. The quantitative estimate of drug-likeness (QED) is 0.595. The summed E-state index contributed by atoms with van der Waals surface area (Å²) < 4.78 is 0. The van der Waals surface area contributed by atoms with E-state index in [1.54, 1.807) is 12.1 Å². The van der Waals surface area contributed by atoms with Crippen molar-refractivity contribution >= 4 is 40.0 Å². The first-order chi connectivity index (χ1) is 5.65. The van der Waals surface area contributed by atoms with E-state index in [4.69, 9.17) is 16.7 Å². The summed E-state index contributed by atoms with van der Waals surface area (Å²) in [6.07, 6.45) is 0. The first kappa shape index (κ1) is 9.77. The van der Waals surface area contributed by atoms with Gasteiger partial charge in [0.2, 0.25) is 0 Å². The van der Waals surface area contributed by atoms with E-state index in [0.717, 1.165) is 10.8 Å². The molecule has 0 saturated heterocycles. The zero-order valence-corrected chi connectivity index (χ0v) is 8.29. The van der Waals surface area contributed by atoms with Crippen molar-refractivity contribution in [3.8, 4) is 0 Å². The number of carboxylic acids is 1. The predicted octanol–water partition coefficient (Wildman–Crippen LogP) is 2.98. The first-order valence-corrected chi connectivity index (χ1v) is 5.24. The maximum atomic E-state index is 10.6. The monoisotopic (exact) mass is 220 g/mol. The molecular weight excluding hydrogens is 216 g/mol. The Labute approximate surface area is 83.7 Å². The smallest absolute Gasteiger partial charge is 0.336 e. The van der Waals surface area contributed by atoms with Crippen LogP contribution in [0.1, 0.15) is 10.4 Å². The summed E-state index contributed by atoms with van der Waals surface area (Å²) in [7, 11) is 1.09. The number of rotatable bonds is 2. The molecule has 0 aliphatic carbocycles. The largest absolute Gasteiger partial charge is 0.478 e. The number of aromatic carboxylic acids is 1. The van der Waals surface area contributed by atoms with E-state index in [1.165, 1.54) is 6.07 Å². The van der Waals surface area contributed by atoms with Gasteiger partial charge < -0.3 is 5.11 Å². The van der Waals surface area contributed by atoms with E-state index in [-0.39, 0.29) is 5.56 Å². The fourth-order valence-electron chi connectivity index (χ4n) is 0.749. The van der Waals surface area contributed by atoms with Crippen LogP contribution in [0.25, 0.3) is 0 Å². The number of thiol groups is 1. The second kappa shape index (κ2) is 4.07. The number of benzene rings is 1. The van der Waals surface area contributed by atoms with E-state index in [1.807, 2.05) is 0 Å². The van der Waals surface area contributed by atoms with Crippen LogP contribution in [0.5, 0.6) is 0 Å². The van der Waals surface area contributed by atoms with Crippen LogP contribution in [0.2, 0.25) is 5.02 Å². The van der Waals surface area contributed by atoms with Gasteiger partial charge in [0, 0.05) is 9.92 Å². The van der Waals surface area contributed by atoms with E-state index in [2.05, 4.69) is 11.7 Å². The molecule has 0 fully saturated rings. The summed E-state index contributed by atoms with van der Waals surface area (Å²) in [6, 6.07) is 4.67. The summed E-state index contributed by atoms with van der Waals surface area (Å²) >= 11 is 9.54. The predicted molar refractivity (Wildman–Crippen MR) is 53.3 cm³/mol. The average molecular weight is 221 g/mol. The topological polar surface area (TPSA) is 37.3 Å². The molecule has 2 nitrogen and oxygen atoms in total. The Hall–Kier alpha value is -0.320. The maximum Gasteiger partial charge on any atom is 0.336 e. The van der Waals surface area contributed by atoms with Gasteiger partial charge in [-0.05, 0) is 18.2 Å².